The second-order valence-corrected chi connectivity index (χ2v) is 13.0. The molecule has 0 radical (unpaired) electrons. The van der Waals surface area contributed by atoms with Gasteiger partial charge in [0, 0.05) is 27.2 Å². The van der Waals surface area contributed by atoms with Crippen LogP contribution in [0.3, 0.4) is 0 Å². The Labute approximate surface area is 296 Å². The molecule has 0 spiro atoms. The summed E-state index contributed by atoms with van der Waals surface area (Å²) >= 11 is 6.26. The molecule has 5 aromatic rings. The number of nitrogens with one attached hydrogen (secondary N) is 1. The van der Waals surface area contributed by atoms with Crippen molar-refractivity contribution in [2.24, 2.45) is 0 Å². The van der Waals surface area contributed by atoms with Gasteiger partial charge < -0.3 is 14.8 Å². The number of halogens is 1. The van der Waals surface area contributed by atoms with Crippen LogP contribution in [0.25, 0.3) is 22.3 Å². The Kier molecular flexibility index (Phi) is 13.7. The average molecular weight is 746 g/mol. The van der Waals surface area contributed by atoms with Gasteiger partial charge >= 0.3 is 11.9 Å². The molecule has 0 saturated heterocycles. The lowest BCUT2D eigenvalue weighted by Crippen LogP contribution is -2.42. The molecule has 5 rings (SSSR count). The van der Waals surface area contributed by atoms with Crippen molar-refractivity contribution in [2.75, 3.05) is 26.2 Å². The quantitative estimate of drug-likeness (QED) is 0.107. The summed E-state index contributed by atoms with van der Waals surface area (Å²) < 4.78 is 10.6. The van der Waals surface area contributed by atoms with E-state index in [1.165, 1.54) is 25.6 Å². The molecule has 11 heteroatoms. The number of hydrogen-bond acceptors (Lipinski definition) is 9. The van der Waals surface area contributed by atoms with Gasteiger partial charge in [-0.1, -0.05) is 82.7 Å². The van der Waals surface area contributed by atoms with Crippen molar-refractivity contribution in [1.82, 2.24) is 10.3 Å². The lowest BCUT2D eigenvalue weighted by Gasteiger charge is -2.18. The molecule has 1 atom stereocenters. The molecule has 0 aliphatic heterocycles. The molecule has 8 nitrogen and oxygen atoms in total. The Morgan fingerprint density at radius 2 is 1.46 bits per heavy atom. The minimum Gasteiger partial charge on any atom is -0.467 e. The van der Waals surface area contributed by atoms with E-state index < -0.39 is 17.9 Å². The second kappa shape index (κ2) is 18.1. The van der Waals surface area contributed by atoms with Gasteiger partial charge in [0.05, 0.1) is 19.8 Å². The third-order valence-electron chi connectivity index (χ3n) is 7.11. The molecule has 246 valence electrons. The molecule has 48 heavy (non-hydrogen) atoms. The van der Waals surface area contributed by atoms with Crippen molar-refractivity contribution in [1.29, 1.82) is 0 Å². The first kappa shape index (κ1) is 36.3. The van der Waals surface area contributed by atoms with Crippen molar-refractivity contribution >= 4 is 62.7 Å². The Bertz CT molecular complexity index is 1850. The monoisotopic (exact) mass is 744 g/mol. The standard InChI is InChI=1S/C23H22N2O4S2.C14H11BrO2/c1-29-23(28)19(10-12-30-2)25-21(27)17-9-8-16(20(26)22-24-11-13-31-22)14-18(17)15-6-4-3-5-7-15;1-17-14(16)12-8-7-11(15)9-13(12)10-5-3-2-4-6-10/h3-9,11,13-14,19H,10,12H2,1-2H3,(H,25,27);2-9H,1H3/t19-;/m0./s1. The van der Waals surface area contributed by atoms with Gasteiger partial charge in [-0.25, -0.2) is 14.6 Å². The Hall–Kier alpha value is -4.58. The molecule has 1 aromatic heterocycles. The zero-order valence-electron chi connectivity index (χ0n) is 26.5. The highest BCUT2D eigenvalue weighted by Crippen LogP contribution is 2.28. The molecule has 0 bridgehead atoms. The number of thioether (sulfide) groups is 1. The van der Waals surface area contributed by atoms with Gasteiger partial charge in [-0.2, -0.15) is 11.8 Å². The lowest BCUT2D eigenvalue weighted by molar-refractivity contribution is -0.142. The van der Waals surface area contributed by atoms with E-state index >= 15 is 0 Å². The molecule has 4 aromatic carbocycles. The number of ether oxygens (including phenoxy) is 2. The summed E-state index contributed by atoms with van der Waals surface area (Å²) in [4.78, 5) is 53.8. The highest BCUT2D eigenvalue weighted by atomic mass is 79.9. The molecule has 1 heterocycles. The first-order chi connectivity index (χ1) is 23.3. The van der Waals surface area contributed by atoms with E-state index in [1.807, 2.05) is 79.1 Å². The third-order valence-corrected chi connectivity index (χ3v) is 9.02. The number of benzene rings is 4. The fourth-order valence-electron chi connectivity index (χ4n) is 4.72. The van der Waals surface area contributed by atoms with E-state index in [4.69, 9.17) is 9.47 Å². The number of ketones is 1. The minimum atomic E-state index is -0.745. The molecular weight excluding hydrogens is 712 g/mol. The second-order valence-electron chi connectivity index (χ2n) is 10.2. The number of amides is 1. The van der Waals surface area contributed by atoms with Crippen LogP contribution in [0.2, 0.25) is 0 Å². The van der Waals surface area contributed by atoms with Gasteiger partial charge in [-0.15, -0.1) is 11.3 Å². The molecule has 1 N–H and O–H groups in total. The number of nitrogens with zero attached hydrogens (tertiary/aromatic N) is 1. The van der Waals surface area contributed by atoms with Crippen LogP contribution in [0, 0.1) is 0 Å². The van der Waals surface area contributed by atoms with Crippen molar-refractivity contribution in [3.05, 3.63) is 135 Å². The summed E-state index contributed by atoms with van der Waals surface area (Å²) in [5.74, 6) is -0.710. The maximum Gasteiger partial charge on any atom is 0.338 e. The molecule has 1 amide bonds. The maximum atomic E-state index is 13.1. The number of carbonyl (C=O) groups excluding carboxylic acids is 4. The van der Waals surface area contributed by atoms with Gasteiger partial charge in [0.15, 0.2) is 5.01 Å². The third kappa shape index (κ3) is 9.50. The van der Waals surface area contributed by atoms with Crippen molar-refractivity contribution < 1.29 is 28.7 Å². The first-order valence-electron chi connectivity index (χ1n) is 14.7. The van der Waals surface area contributed by atoms with Crippen molar-refractivity contribution in [3.63, 3.8) is 0 Å². The van der Waals surface area contributed by atoms with Crippen molar-refractivity contribution in [2.45, 2.75) is 12.5 Å². The largest absolute Gasteiger partial charge is 0.467 e. The minimum absolute atomic E-state index is 0.202. The summed E-state index contributed by atoms with van der Waals surface area (Å²) in [5.41, 5.74) is 4.65. The highest BCUT2D eigenvalue weighted by molar-refractivity contribution is 9.10. The predicted molar refractivity (Wildman–Crippen MR) is 195 cm³/mol. The smallest absolute Gasteiger partial charge is 0.338 e. The van der Waals surface area contributed by atoms with Crippen LogP contribution in [0.4, 0.5) is 0 Å². The number of aromatic nitrogens is 1. The van der Waals surface area contributed by atoms with Gasteiger partial charge in [-0.3, -0.25) is 9.59 Å². The number of rotatable bonds is 11. The van der Waals surface area contributed by atoms with Gasteiger partial charge in [-0.05, 0) is 71.0 Å². The van der Waals surface area contributed by atoms with Gasteiger partial charge in [0.1, 0.15) is 6.04 Å². The Morgan fingerprint density at radius 3 is 2.02 bits per heavy atom. The summed E-state index contributed by atoms with van der Waals surface area (Å²) in [6, 6.07) is 28.8. The van der Waals surface area contributed by atoms with E-state index in [9.17, 15) is 19.2 Å². The molecular formula is C37H33BrN2O6S2. The summed E-state index contributed by atoms with van der Waals surface area (Å²) in [5, 5.41) is 4.92. The van der Waals surface area contributed by atoms with Crippen molar-refractivity contribution in [3.8, 4) is 22.3 Å². The SMILES string of the molecule is COC(=O)[C@H](CCSC)NC(=O)c1ccc(C(=O)c2nccs2)cc1-c1ccccc1.COC(=O)c1ccc(Br)cc1-c1ccccc1. The molecule has 0 unspecified atom stereocenters. The summed E-state index contributed by atoms with van der Waals surface area (Å²) in [7, 11) is 2.69. The normalized spacial score (nSPS) is 11.0. The maximum absolute atomic E-state index is 13.1. The fraction of sp³-hybridized carbons (Fsp3) is 0.162. The number of esters is 2. The molecule has 0 saturated carbocycles. The van der Waals surface area contributed by atoms with E-state index in [2.05, 4.69) is 26.2 Å². The van der Waals surface area contributed by atoms with Crippen LogP contribution in [-0.2, 0) is 14.3 Å². The predicted octanol–water partition coefficient (Wildman–Crippen LogP) is 7.97. The van der Waals surface area contributed by atoms with E-state index in [0.29, 0.717) is 39.4 Å². The molecule has 0 aliphatic rings. The zero-order chi connectivity index (χ0) is 34.5. The van der Waals surface area contributed by atoms with Crippen LogP contribution >= 0.6 is 39.0 Å². The highest BCUT2D eigenvalue weighted by Gasteiger charge is 2.24. The van der Waals surface area contributed by atoms with Gasteiger partial charge in [0.2, 0.25) is 5.78 Å². The van der Waals surface area contributed by atoms with E-state index in [0.717, 1.165) is 21.2 Å². The topological polar surface area (TPSA) is 112 Å². The number of carbonyl (C=O) groups is 4. The van der Waals surface area contributed by atoms with Crippen LogP contribution in [-0.4, -0.2) is 60.9 Å². The lowest BCUT2D eigenvalue weighted by atomic mass is 9.95. The molecule has 0 fully saturated rings. The van der Waals surface area contributed by atoms with Crippen LogP contribution in [0.1, 0.15) is 42.5 Å². The van der Waals surface area contributed by atoms with Crippen LogP contribution in [0.15, 0.2) is 113 Å². The fourth-order valence-corrected chi connectivity index (χ4v) is 6.15. The Balaban J connectivity index is 0.000000257. The number of methoxy groups -OCH3 is 2. The van der Waals surface area contributed by atoms with E-state index in [1.54, 1.807) is 47.6 Å². The summed E-state index contributed by atoms with van der Waals surface area (Å²) in [6.45, 7) is 0. The number of thiazole rings is 1. The first-order valence-corrected chi connectivity index (χ1v) is 17.8. The van der Waals surface area contributed by atoms with Crippen LogP contribution in [0.5, 0.6) is 0 Å². The summed E-state index contributed by atoms with van der Waals surface area (Å²) in [6.07, 6.45) is 3.97. The average Bonchev–Trinajstić information content (AvgIpc) is 3.68. The Morgan fingerprint density at radius 1 is 0.833 bits per heavy atom. The molecule has 0 aliphatic carbocycles. The zero-order valence-corrected chi connectivity index (χ0v) is 29.7. The van der Waals surface area contributed by atoms with Gasteiger partial charge in [0.25, 0.3) is 5.91 Å². The number of hydrogen-bond donors (Lipinski definition) is 1. The van der Waals surface area contributed by atoms with E-state index in [-0.39, 0.29) is 11.8 Å². The van der Waals surface area contributed by atoms with Crippen LogP contribution < -0.4 is 5.32 Å².